The van der Waals surface area contributed by atoms with Gasteiger partial charge in [0.05, 0.1) is 4.70 Å². The van der Waals surface area contributed by atoms with E-state index >= 15 is 0 Å². The molecule has 8 nitrogen and oxygen atoms in total. The van der Waals surface area contributed by atoms with Gasteiger partial charge in [-0.15, -0.1) is 11.3 Å². The molecule has 1 fully saturated rings. The van der Waals surface area contributed by atoms with Crippen molar-refractivity contribution in [3.05, 3.63) is 39.8 Å². The highest BCUT2D eigenvalue weighted by molar-refractivity contribution is 7.89. The zero-order valence-electron chi connectivity index (χ0n) is 15.3. The molecule has 14 heteroatoms. The van der Waals surface area contributed by atoms with Crippen LogP contribution in [-0.2, 0) is 19.6 Å². The van der Waals surface area contributed by atoms with Gasteiger partial charge in [-0.1, -0.05) is 11.3 Å². The van der Waals surface area contributed by atoms with Crippen molar-refractivity contribution in [3.63, 3.8) is 0 Å². The van der Waals surface area contributed by atoms with E-state index in [2.05, 4.69) is 15.0 Å². The molecule has 0 spiro atoms. The highest BCUT2D eigenvalue weighted by atomic mass is 32.2. The number of nitrogens with one attached hydrogen (secondary N) is 2. The van der Waals surface area contributed by atoms with Crippen molar-refractivity contribution >= 4 is 59.9 Å². The van der Waals surface area contributed by atoms with E-state index < -0.39 is 51.5 Å². The highest BCUT2D eigenvalue weighted by Gasteiger charge is 2.32. The molecule has 0 radical (unpaired) electrons. The molecule has 2 heterocycles. The fourth-order valence-corrected chi connectivity index (χ4v) is 6.04. The molecule has 0 bridgehead atoms. The van der Waals surface area contributed by atoms with E-state index in [4.69, 9.17) is 4.74 Å². The number of amides is 1. The molecule has 2 N–H and O–H groups in total. The Morgan fingerprint density at radius 1 is 1.23 bits per heavy atom. The lowest BCUT2D eigenvalue weighted by Gasteiger charge is -2.07. The molecule has 1 aliphatic carbocycles. The molecule has 31 heavy (non-hydrogen) atoms. The van der Waals surface area contributed by atoms with Gasteiger partial charge in [-0.25, -0.2) is 36.1 Å². The maximum Gasteiger partial charge on any atom is 0.350 e. The number of thiazole rings is 1. The Balaban J connectivity index is 1.41. The summed E-state index contributed by atoms with van der Waals surface area (Å²) in [6.07, 6.45) is 1.44. The summed E-state index contributed by atoms with van der Waals surface area (Å²) in [7, 11) is -3.89. The van der Waals surface area contributed by atoms with E-state index in [0.717, 1.165) is 30.2 Å². The molecule has 0 aliphatic heterocycles. The zero-order chi connectivity index (χ0) is 22.3. The third kappa shape index (κ3) is 4.56. The number of esters is 1. The average molecular weight is 491 g/mol. The molecule has 1 amide bonds. The summed E-state index contributed by atoms with van der Waals surface area (Å²) in [6.45, 7) is -0.784. The molecule has 1 aromatic carbocycles. The Kier molecular flexibility index (Phi) is 5.72. The van der Waals surface area contributed by atoms with Crippen molar-refractivity contribution in [3.8, 4) is 0 Å². The third-order valence-corrected chi connectivity index (χ3v) is 7.61. The monoisotopic (exact) mass is 491 g/mol. The van der Waals surface area contributed by atoms with Gasteiger partial charge in [0.2, 0.25) is 10.0 Å². The first-order chi connectivity index (χ1) is 14.7. The number of anilines is 1. The number of benzene rings is 1. The van der Waals surface area contributed by atoms with E-state index in [0.29, 0.717) is 11.3 Å². The molecule has 4 rings (SSSR count). The minimum absolute atomic E-state index is 0.0275. The standard InChI is InChI=1S/C17H12F3N3O5S3/c18-8-5-9-14(13(20)12(8)19)22-17(30-9)21-11(24)6-28-16(25)15-10(3-4-29-15)31(26,27)23-7-1-2-7/h3-5,7,23H,1-2,6H2,(H,21,22,24). The lowest BCUT2D eigenvalue weighted by molar-refractivity contribution is -0.119. The summed E-state index contributed by atoms with van der Waals surface area (Å²) in [4.78, 5) is 27.6. The van der Waals surface area contributed by atoms with Crippen molar-refractivity contribution in [1.29, 1.82) is 0 Å². The van der Waals surface area contributed by atoms with Gasteiger partial charge in [0.15, 0.2) is 29.2 Å². The zero-order valence-corrected chi connectivity index (χ0v) is 17.7. The van der Waals surface area contributed by atoms with Crippen LogP contribution in [0.5, 0.6) is 0 Å². The second-order valence-corrected chi connectivity index (χ2v) is 10.1. The number of sulfonamides is 1. The lowest BCUT2D eigenvalue weighted by atomic mass is 10.3. The van der Waals surface area contributed by atoms with Crippen molar-refractivity contribution in [2.75, 3.05) is 11.9 Å². The van der Waals surface area contributed by atoms with E-state index in [1.54, 1.807) is 0 Å². The van der Waals surface area contributed by atoms with Crippen LogP contribution in [0.1, 0.15) is 22.5 Å². The van der Waals surface area contributed by atoms with Crippen molar-refractivity contribution in [1.82, 2.24) is 9.71 Å². The normalized spacial score (nSPS) is 14.0. The number of hydrogen-bond donors (Lipinski definition) is 2. The first-order valence-corrected chi connectivity index (χ1v) is 11.8. The van der Waals surface area contributed by atoms with E-state index in [1.807, 2.05) is 0 Å². The fraction of sp³-hybridized carbons (Fsp3) is 0.235. The number of hydrogen-bond acceptors (Lipinski definition) is 8. The fourth-order valence-electron chi connectivity index (χ4n) is 2.52. The minimum atomic E-state index is -3.89. The number of aromatic nitrogens is 1. The van der Waals surface area contributed by atoms with Gasteiger partial charge in [0.1, 0.15) is 15.3 Å². The van der Waals surface area contributed by atoms with Crippen molar-refractivity contribution < 1.29 is 35.9 Å². The van der Waals surface area contributed by atoms with E-state index in [1.165, 1.54) is 11.4 Å². The largest absolute Gasteiger partial charge is 0.451 e. The molecule has 0 saturated heterocycles. The number of nitrogens with zero attached hydrogens (tertiary/aromatic N) is 1. The van der Waals surface area contributed by atoms with Crippen molar-refractivity contribution in [2.24, 2.45) is 0 Å². The first-order valence-electron chi connectivity index (χ1n) is 8.66. The van der Waals surface area contributed by atoms with Crippen LogP contribution in [0.15, 0.2) is 22.4 Å². The van der Waals surface area contributed by atoms with Crippen LogP contribution >= 0.6 is 22.7 Å². The highest BCUT2D eigenvalue weighted by Crippen LogP contribution is 2.30. The summed E-state index contributed by atoms with van der Waals surface area (Å²) in [5.74, 6) is -6.42. The number of fused-ring (bicyclic) bond motifs is 1. The van der Waals surface area contributed by atoms with Gasteiger partial charge in [0.25, 0.3) is 5.91 Å². The quantitative estimate of drug-likeness (QED) is 0.388. The molecule has 0 unspecified atom stereocenters. The second-order valence-electron chi connectivity index (χ2n) is 6.49. The molecule has 0 atom stereocenters. The van der Waals surface area contributed by atoms with E-state index in [-0.39, 0.29) is 25.6 Å². The molecule has 2 aromatic heterocycles. The molecular formula is C17H12F3N3O5S3. The van der Waals surface area contributed by atoms with Crippen LogP contribution in [-0.4, -0.2) is 37.9 Å². The topological polar surface area (TPSA) is 114 Å². The number of thiophene rings is 1. The van der Waals surface area contributed by atoms with Crippen LogP contribution in [0.25, 0.3) is 10.2 Å². The van der Waals surface area contributed by atoms with Gasteiger partial charge in [0, 0.05) is 6.04 Å². The second kappa shape index (κ2) is 8.18. The van der Waals surface area contributed by atoms with Crippen LogP contribution in [0.2, 0.25) is 0 Å². The number of carbonyl (C=O) groups excluding carboxylic acids is 2. The van der Waals surface area contributed by atoms with Gasteiger partial charge in [-0.2, -0.15) is 0 Å². The first kappa shape index (κ1) is 21.7. The van der Waals surface area contributed by atoms with Gasteiger partial charge >= 0.3 is 5.97 Å². The Morgan fingerprint density at radius 3 is 2.68 bits per heavy atom. The van der Waals surface area contributed by atoms with Crippen LogP contribution in [0.3, 0.4) is 0 Å². The maximum absolute atomic E-state index is 13.7. The molecular weight excluding hydrogens is 479 g/mol. The smallest absolute Gasteiger partial charge is 0.350 e. The molecule has 164 valence electrons. The van der Waals surface area contributed by atoms with Crippen LogP contribution in [0, 0.1) is 17.5 Å². The SMILES string of the molecule is O=C(COC(=O)c1sccc1S(=O)(=O)NC1CC1)Nc1nc2c(F)c(F)c(F)cc2s1. The molecule has 3 aromatic rings. The summed E-state index contributed by atoms with van der Waals surface area (Å²) in [6, 6.07) is 1.86. The summed E-state index contributed by atoms with van der Waals surface area (Å²) < 4.78 is 72.2. The van der Waals surface area contributed by atoms with E-state index in [9.17, 15) is 31.2 Å². The van der Waals surface area contributed by atoms with Crippen LogP contribution < -0.4 is 10.0 Å². The predicted octanol–water partition coefficient (Wildman–Crippen LogP) is 3.01. The molecule has 1 aliphatic rings. The predicted molar refractivity (Wildman–Crippen MR) is 106 cm³/mol. The lowest BCUT2D eigenvalue weighted by Crippen LogP contribution is -2.27. The number of rotatable bonds is 7. The summed E-state index contributed by atoms with van der Waals surface area (Å²) in [5.41, 5.74) is -0.451. The summed E-state index contributed by atoms with van der Waals surface area (Å²) in [5, 5.41) is 3.48. The minimum Gasteiger partial charge on any atom is -0.451 e. The van der Waals surface area contributed by atoms with Gasteiger partial charge < -0.3 is 4.74 Å². The van der Waals surface area contributed by atoms with Crippen molar-refractivity contribution in [2.45, 2.75) is 23.8 Å². The van der Waals surface area contributed by atoms with Gasteiger partial charge in [-0.3, -0.25) is 10.1 Å². The Morgan fingerprint density at radius 2 is 1.97 bits per heavy atom. The number of carbonyl (C=O) groups is 2. The summed E-state index contributed by atoms with van der Waals surface area (Å²) >= 11 is 1.54. The maximum atomic E-state index is 13.7. The Labute approximate surface area is 181 Å². The molecule has 1 saturated carbocycles. The third-order valence-electron chi connectivity index (χ3n) is 4.11. The number of ether oxygens (including phenoxy) is 1. The van der Waals surface area contributed by atoms with Gasteiger partial charge in [-0.05, 0) is 30.4 Å². The van der Waals surface area contributed by atoms with Crippen LogP contribution in [0.4, 0.5) is 18.3 Å². The Hall–Kier alpha value is -2.55. The number of halogens is 3. The average Bonchev–Trinajstić information content (AvgIpc) is 3.20. The Bertz CT molecular complexity index is 1300.